The first-order valence-corrected chi connectivity index (χ1v) is 7.38. The summed E-state index contributed by atoms with van der Waals surface area (Å²) < 4.78 is 0.639. The standard InChI is InChI=1S/C13H18BrN3O2/c1-3-10-5-4-9(2)16(8-10)13-12(17(18)19)6-11(14)7-15-13/h6-7,9-10H,3-5,8H2,1-2H3. The van der Waals surface area contributed by atoms with E-state index in [4.69, 9.17) is 0 Å². The lowest BCUT2D eigenvalue weighted by Gasteiger charge is -2.38. The predicted octanol–water partition coefficient (Wildman–Crippen LogP) is 3.77. The Labute approximate surface area is 121 Å². The summed E-state index contributed by atoms with van der Waals surface area (Å²) in [4.78, 5) is 17.2. The van der Waals surface area contributed by atoms with Gasteiger partial charge in [0.1, 0.15) is 0 Å². The molecule has 1 aromatic heterocycles. The van der Waals surface area contributed by atoms with Crippen molar-refractivity contribution in [1.82, 2.24) is 4.98 Å². The van der Waals surface area contributed by atoms with E-state index < -0.39 is 0 Å². The molecular formula is C13H18BrN3O2. The lowest BCUT2D eigenvalue weighted by atomic mass is 9.91. The largest absolute Gasteiger partial charge is 0.348 e. The zero-order chi connectivity index (χ0) is 14.0. The van der Waals surface area contributed by atoms with Crippen LogP contribution in [0.5, 0.6) is 0 Å². The first-order chi connectivity index (χ1) is 9.02. The van der Waals surface area contributed by atoms with Crippen LogP contribution >= 0.6 is 15.9 Å². The Hall–Kier alpha value is -1.17. The van der Waals surface area contributed by atoms with E-state index in [-0.39, 0.29) is 10.6 Å². The number of piperidine rings is 1. The Morgan fingerprint density at radius 3 is 2.95 bits per heavy atom. The highest BCUT2D eigenvalue weighted by Gasteiger charge is 2.30. The highest BCUT2D eigenvalue weighted by Crippen LogP contribution is 2.34. The van der Waals surface area contributed by atoms with Crippen molar-refractivity contribution in [3.05, 3.63) is 26.9 Å². The van der Waals surface area contributed by atoms with Crippen molar-refractivity contribution in [2.75, 3.05) is 11.4 Å². The van der Waals surface area contributed by atoms with Crippen molar-refractivity contribution in [2.45, 2.75) is 39.2 Å². The molecule has 0 aromatic carbocycles. The summed E-state index contributed by atoms with van der Waals surface area (Å²) in [6, 6.07) is 1.83. The van der Waals surface area contributed by atoms with Gasteiger partial charge in [-0.3, -0.25) is 10.1 Å². The second-order valence-electron chi connectivity index (χ2n) is 5.11. The third kappa shape index (κ3) is 3.05. The van der Waals surface area contributed by atoms with Crippen molar-refractivity contribution in [2.24, 2.45) is 5.92 Å². The Balaban J connectivity index is 2.36. The van der Waals surface area contributed by atoms with Gasteiger partial charge in [0.05, 0.1) is 4.92 Å². The Morgan fingerprint density at radius 2 is 2.32 bits per heavy atom. The van der Waals surface area contributed by atoms with Gasteiger partial charge in [0, 0.05) is 29.3 Å². The van der Waals surface area contributed by atoms with Gasteiger partial charge in [0.25, 0.3) is 0 Å². The Morgan fingerprint density at radius 1 is 1.58 bits per heavy atom. The van der Waals surface area contributed by atoms with Gasteiger partial charge in [-0.25, -0.2) is 4.98 Å². The van der Waals surface area contributed by atoms with Crippen LogP contribution in [0.15, 0.2) is 16.7 Å². The van der Waals surface area contributed by atoms with E-state index in [1.54, 1.807) is 6.20 Å². The van der Waals surface area contributed by atoms with E-state index in [0.717, 1.165) is 19.4 Å². The summed E-state index contributed by atoms with van der Waals surface area (Å²) in [5.41, 5.74) is 0.0815. The van der Waals surface area contributed by atoms with Crippen molar-refractivity contribution in [3.8, 4) is 0 Å². The molecule has 1 saturated heterocycles. The fraction of sp³-hybridized carbons (Fsp3) is 0.615. The van der Waals surface area contributed by atoms with Gasteiger partial charge in [-0.1, -0.05) is 13.3 Å². The summed E-state index contributed by atoms with van der Waals surface area (Å²) in [5.74, 6) is 1.10. The topological polar surface area (TPSA) is 59.3 Å². The van der Waals surface area contributed by atoms with E-state index in [9.17, 15) is 10.1 Å². The van der Waals surface area contributed by atoms with E-state index >= 15 is 0 Å². The van der Waals surface area contributed by atoms with E-state index in [0.29, 0.717) is 22.3 Å². The number of hydrogen-bond acceptors (Lipinski definition) is 4. The van der Waals surface area contributed by atoms with Crippen LogP contribution in [-0.4, -0.2) is 22.5 Å². The van der Waals surface area contributed by atoms with Crippen LogP contribution < -0.4 is 4.90 Å². The molecule has 6 heteroatoms. The van der Waals surface area contributed by atoms with E-state index in [1.165, 1.54) is 12.5 Å². The highest BCUT2D eigenvalue weighted by atomic mass is 79.9. The number of nitro groups is 1. The summed E-state index contributed by atoms with van der Waals surface area (Å²) in [5, 5.41) is 11.2. The Bertz CT molecular complexity index is 481. The van der Waals surface area contributed by atoms with Gasteiger partial charge in [-0.15, -0.1) is 0 Å². The molecule has 1 aliphatic rings. The minimum absolute atomic E-state index is 0.0815. The monoisotopic (exact) mass is 327 g/mol. The molecule has 19 heavy (non-hydrogen) atoms. The maximum atomic E-state index is 11.2. The minimum Gasteiger partial charge on any atom is -0.348 e. The zero-order valence-electron chi connectivity index (χ0n) is 11.2. The number of aromatic nitrogens is 1. The van der Waals surface area contributed by atoms with Crippen LogP contribution in [0.25, 0.3) is 0 Å². The molecule has 0 radical (unpaired) electrons. The molecule has 2 atom stereocenters. The third-order valence-corrected chi connectivity index (χ3v) is 4.27. The van der Waals surface area contributed by atoms with Gasteiger partial charge in [0.15, 0.2) is 0 Å². The molecule has 2 unspecified atom stereocenters. The van der Waals surface area contributed by atoms with E-state index in [1.807, 2.05) is 0 Å². The van der Waals surface area contributed by atoms with Gasteiger partial charge >= 0.3 is 5.69 Å². The third-order valence-electron chi connectivity index (χ3n) is 3.84. The molecule has 5 nitrogen and oxygen atoms in total. The first kappa shape index (κ1) is 14.2. The second kappa shape index (κ2) is 5.86. The fourth-order valence-corrected chi connectivity index (χ4v) is 2.91. The smallest absolute Gasteiger partial charge is 0.312 e. The second-order valence-corrected chi connectivity index (χ2v) is 6.02. The minimum atomic E-state index is -0.352. The lowest BCUT2D eigenvalue weighted by molar-refractivity contribution is -0.384. The number of rotatable bonds is 3. The molecule has 1 fully saturated rings. The van der Waals surface area contributed by atoms with Gasteiger partial charge < -0.3 is 4.90 Å². The molecule has 0 N–H and O–H groups in total. The van der Waals surface area contributed by atoms with E-state index in [2.05, 4.69) is 39.7 Å². The van der Waals surface area contributed by atoms with Crippen molar-refractivity contribution in [1.29, 1.82) is 0 Å². The fourth-order valence-electron chi connectivity index (χ4n) is 2.59. The van der Waals surface area contributed by atoms with Gasteiger partial charge in [-0.05, 0) is 41.6 Å². The molecule has 2 rings (SSSR count). The average Bonchev–Trinajstić information content (AvgIpc) is 2.39. The van der Waals surface area contributed by atoms with Crippen LogP contribution in [0, 0.1) is 16.0 Å². The SMILES string of the molecule is CCC1CCC(C)N(c2ncc(Br)cc2[N+](=O)[O-])C1. The number of halogens is 1. The molecule has 0 bridgehead atoms. The summed E-state index contributed by atoms with van der Waals surface area (Å²) in [6.07, 6.45) is 4.99. The number of pyridine rings is 1. The molecule has 2 heterocycles. The average molecular weight is 328 g/mol. The molecule has 1 aromatic rings. The lowest BCUT2D eigenvalue weighted by Crippen LogP contribution is -2.42. The molecule has 0 spiro atoms. The van der Waals surface area contributed by atoms with Crippen LogP contribution in [0.3, 0.4) is 0 Å². The van der Waals surface area contributed by atoms with Crippen molar-refractivity contribution < 1.29 is 4.92 Å². The van der Waals surface area contributed by atoms with Crippen LogP contribution in [0.4, 0.5) is 11.5 Å². The van der Waals surface area contributed by atoms with Crippen molar-refractivity contribution in [3.63, 3.8) is 0 Å². The predicted molar refractivity (Wildman–Crippen MR) is 78.4 cm³/mol. The summed E-state index contributed by atoms with van der Waals surface area (Å²) in [7, 11) is 0. The summed E-state index contributed by atoms with van der Waals surface area (Å²) in [6.45, 7) is 5.13. The van der Waals surface area contributed by atoms with Gasteiger partial charge in [-0.2, -0.15) is 0 Å². The number of nitrogens with zero attached hydrogens (tertiary/aromatic N) is 3. The normalized spacial score (nSPS) is 23.4. The molecule has 0 saturated carbocycles. The van der Waals surface area contributed by atoms with Crippen LogP contribution in [-0.2, 0) is 0 Å². The first-order valence-electron chi connectivity index (χ1n) is 6.59. The molecular weight excluding hydrogens is 310 g/mol. The number of anilines is 1. The highest BCUT2D eigenvalue weighted by molar-refractivity contribution is 9.10. The maximum absolute atomic E-state index is 11.2. The summed E-state index contributed by atoms with van der Waals surface area (Å²) >= 11 is 3.24. The van der Waals surface area contributed by atoms with Gasteiger partial charge in [0.2, 0.25) is 5.82 Å². The quantitative estimate of drug-likeness (QED) is 0.626. The Kier molecular flexibility index (Phi) is 4.39. The molecule has 1 aliphatic heterocycles. The number of hydrogen-bond donors (Lipinski definition) is 0. The van der Waals surface area contributed by atoms with Crippen molar-refractivity contribution >= 4 is 27.4 Å². The molecule has 0 aliphatic carbocycles. The zero-order valence-corrected chi connectivity index (χ0v) is 12.8. The van der Waals surface area contributed by atoms with Crippen LogP contribution in [0.1, 0.15) is 33.1 Å². The molecule has 0 amide bonds. The maximum Gasteiger partial charge on any atom is 0.312 e. The van der Waals surface area contributed by atoms with Crippen LogP contribution in [0.2, 0.25) is 0 Å². The molecule has 104 valence electrons.